The number of benzene rings is 3. The van der Waals surface area contributed by atoms with Gasteiger partial charge < -0.3 is 16.4 Å². The lowest BCUT2D eigenvalue weighted by Crippen LogP contribution is -2.16. The Bertz CT molecular complexity index is 1030. The normalized spacial score (nSPS) is 10.2. The van der Waals surface area contributed by atoms with Gasteiger partial charge >= 0.3 is 0 Å². The average molecular weight is 373 g/mol. The molecule has 0 heterocycles. The molecule has 0 aliphatic rings. The molecule has 3 rings (SSSR count). The van der Waals surface area contributed by atoms with Crippen molar-refractivity contribution >= 4 is 29.1 Å². The molecule has 0 saturated heterocycles. The summed E-state index contributed by atoms with van der Waals surface area (Å²) in [4.78, 5) is 36.0. The molecule has 4 N–H and O–H groups in total. The first-order valence-corrected chi connectivity index (χ1v) is 8.62. The Kier molecular flexibility index (Phi) is 5.50. The van der Waals surface area contributed by atoms with E-state index in [-0.39, 0.29) is 11.8 Å². The first kappa shape index (κ1) is 18.8. The number of hydrogen-bond acceptors (Lipinski definition) is 3. The van der Waals surface area contributed by atoms with Crippen LogP contribution in [-0.4, -0.2) is 17.7 Å². The third-order valence-corrected chi connectivity index (χ3v) is 4.21. The SMILES string of the molecule is Cc1ccc(C(=O)Nc2ccc(C(N)=O)cc2)cc1NC(=O)c1ccccc1. The van der Waals surface area contributed by atoms with Gasteiger partial charge in [0.15, 0.2) is 0 Å². The average Bonchev–Trinajstić information content (AvgIpc) is 2.70. The lowest BCUT2D eigenvalue weighted by Gasteiger charge is -2.11. The van der Waals surface area contributed by atoms with Crippen molar-refractivity contribution in [3.05, 3.63) is 95.1 Å². The number of nitrogens with one attached hydrogen (secondary N) is 2. The molecular weight excluding hydrogens is 354 g/mol. The summed E-state index contributed by atoms with van der Waals surface area (Å²) < 4.78 is 0. The number of amides is 3. The van der Waals surface area contributed by atoms with E-state index < -0.39 is 5.91 Å². The Labute approximate surface area is 162 Å². The summed E-state index contributed by atoms with van der Waals surface area (Å²) in [5.41, 5.74) is 8.43. The van der Waals surface area contributed by atoms with Gasteiger partial charge in [-0.1, -0.05) is 24.3 Å². The topological polar surface area (TPSA) is 101 Å². The highest BCUT2D eigenvalue weighted by Crippen LogP contribution is 2.19. The number of primary amides is 1. The summed E-state index contributed by atoms with van der Waals surface area (Å²) in [5.74, 6) is -1.11. The van der Waals surface area contributed by atoms with Gasteiger partial charge in [-0.3, -0.25) is 14.4 Å². The van der Waals surface area contributed by atoms with Gasteiger partial charge in [0, 0.05) is 28.1 Å². The fraction of sp³-hybridized carbons (Fsp3) is 0.0455. The molecule has 0 aromatic heterocycles. The molecule has 0 radical (unpaired) electrons. The fourth-order valence-corrected chi connectivity index (χ4v) is 2.60. The number of aryl methyl sites for hydroxylation is 1. The molecule has 28 heavy (non-hydrogen) atoms. The van der Waals surface area contributed by atoms with E-state index in [4.69, 9.17) is 5.73 Å². The predicted molar refractivity (Wildman–Crippen MR) is 108 cm³/mol. The maximum absolute atomic E-state index is 12.5. The molecule has 0 aliphatic heterocycles. The van der Waals surface area contributed by atoms with Crippen LogP contribution in [0.3, 0.4) is 0 Å². The van der Waals surface area contributed by atoms with Crippen molar-refractivity contribution < 1.29 is 14.4 Å². The number of carbonyl (C=O) groups excluding carboxylic acids is 3. The Morgan fingerprint density at radius 2 is 1.32 bits per heavy atom. The van der Waals surface area contributed by atoms with Crippen LogP contribution in [0.5, 0.6) is 0 Å². The molecule has 6 heteroatoms. The first-order chi connectivity index (χ1) is 13.4. The third kappa shape index (κ3) is 4.42. The van der Waals surface area contributed by atoms with Crippen molar-refractivity contribution in [1.29, 1.82) is 0 Å². The highest BCUT2D eigenvalue weighted by Gasteiger charge is 2.12. The van der Waals surface area contributed by atoms with Crippen molar-refractivity contribution in [2.24, 2.45) is 5.73 Å². The molecule has 3 amide bonds. The van der Waals surface area contributed by atoms with Crippen LogP contribution in [0.2, 0.25) is 0 Å². The van der Waals surface area contributed by atoms with Crippen molar-refractivity contribution in [2.75, 3.05) is 10.6 Å². The van der Waals surface area contributed by atoms with Gasteiger partial charge in [-0.15, -0.1) is 0 Å². The Hall–Kier alpha value is -3.93. The Morgan fingerprint density at radius 1 is 0.714 bits per heavy atom. The van der Waals surface area contributed by atoms with E-state index in [1.807, 2.05) is 13.0 Å². The molecule has 3 aromatic rings. The minimum Gasteiger partial charge on any atom is -0.366 e. The fourth-order valence-electron chi connectivity index (χ4n) is 2.60. The molecule has 0 unspecified atom stereocenters. The minimum atomic E-state index is -0.532. The standard InChI is InChI=1S/C22H19N3O3/c1-14-7-8-17(13-19(14)25-21(27)16-5-3-2-4-6-16)22(28)24-18-11-9-15(10-12-18)20(23)26/h2-13H,1H3,(H2,23,26)(H,24,28)(H,25,27). The molecule has 0 aliphatic carbocycles. The second kappa shape index (κ2) is 8.18. The lowest BCUT2D eigenvalue weighted by atomic mass is 10.1. The molecule has 140 valence electrons. The number of nitrogens with two attached hydrogens (primary N) is 1. The van der Waals surface area contributed by atoms with Crippen LogP contribution >= 0.6 is 0 Å². The van der Waals surface area contributed by atoms with Crippen molar-refractivity contribution in [3.8, 4) is 0 Å². The van der Waals surface area contributed by atoms with Gasteiger partial charge in [-0.2, -0.15) is 0 Å². The van der Waals surface area contributed by atoms with Crippen LogP contribution in [0.4, 0.5) is 11.4 Å². The zero-order valence-corrected chi connectivity index (χ0v) is 15.2. The van der Waals surface area contributed by atoms with E-state index in [1.165, 1.54) is 0 Å². The molecule has 6 nitrogen and oxygen atoms in total. The van der Waals surface area contributed by atoms with Crippen LogP contribution in [-0.2, 0) is 0 Å². The summed E-state index contributed by atoms with van der Waals surface area (Å²) in [6.45, 7) is 1.85. The third-order valence-electron chi connectivity index (χ3n) is 4.21. The second-order valence-electron chi connectivity index (χ2n) is 6.25. The molecule has 0 spiro atoms. The van der Waals surface area contributed by atoms with Crippen LogP contribution in [0.15, 0.2) is 72.8 Å². The van der Waals surface area contributed by atoms with Gasteiger partial charge in [0.2, 0.25) is 5.91 Å². The smallest absolute Gasteiger partial charge is 0.255 e. The van der Waals surface area contributed by atoms with Gasteiger partial charge in [-0.05, 0) is 61.0 Å². The molecular formula is C22H19N3O3. The van der Waals surface area contributed by atoms with Crippen LogP contribution < -0.4 is 16.4 Å². The number of anilines is 2. The maximum Gasteiger partial charge on any atom is 0.255 e. The van der Waals surface area contributed by atoms with E-state index >= 15 is 0 Å². The molecule has 0 atom stereocenters. The summed E-state index contributed by atoms with van der Waals surface area (Å²) >= 11 is 0. The van der Waals surface area contributed by atoms with E-state index in [2.05, 4.69) is 10.6 Å². The first-order valence-electron chi connectivity index (χ1n) is 8.62. The lowest BCUT2D eigenvalue weighted by molar-refractivity contribution is 0.0997. The van der Waals surface area contributed by atoms with Crippen molar-refractivity contribution in [2.45, 2.75) is 6.92 Å². The van der Waals surface area contributed by atoms with Crippen LogP contribution in [0.1, 0.15) is 36.6 Å². The quantitative estimate of drug-likeness (QED) is 0.637. The Balaban J connectivity index is 1.75. The number of rotatable bonds is 5. The molecule has 3 aromatic carbocycles. The monoisotopic (exact) mass is 373 g/mol. The highest BCUT2D eigenvalue weighted by atomic mass is 16.2. The number of hydrogen-bond donors (Lipinski definition) is 3. The highest BCUT2D eigenvalue weighted by molar-refractivity contribution is 6.08. The van der Waals surface area contributed by atoms with E-state index in [0.29, 0.717) is 28.1 Å². The summed E-state index contributed by atoms with van der Waals surface area (Å²) in [7, 11) is 0. The largest absolute Gasteiger partial charge is 0.366 e. The van der Waals surface area contributed by atoms with Crippen molar-refractivity contribution in [1.82, 2.24) is 0 Å². The number of carbonyl (C=O) groups is 3. The molecule has 0 saturated carbocycles. The van der Waals surface area contributed by atoms with Gasteiger partial charge in [0.1, 0.15) is 0 Å². The predicted octanol–water partition coefficient (Wildman–Crippen LogP) is 3.60. The zero-order valence-electron chi connectivity index (χ0n) is 15.2. The van der Waals surface area contributed by atoms with Gasteiger partial charge in [-0.25, -0.2) is 0 Å². The van der Waals surface area contributed by atoms with Gasteiger partial charge in [0.25, 0.3) is 11.8 Å². The second-order valence-corrected chi connectivity index (χ2v) is 6.25. The summed E-state index contributed by atoms with van der Waals surface area (Å²) in [6, 6.07) is 20.2. The van der Waals surface area contributed by atoms with Crippen LogP contribution in [0.25, 0.3) is 0 Å². The van der Waals surface area contributed by atoms with E-state index in [9.17, 15) is 14.4 Å². The van der Waals surface area contributed by atoms with E-state index in [1.54, 1.807) is 66.7 Å². The minimum absolute atomic E-state index is 0.247. The van der Waals surface area contributed by atoms with Crippen molar-refractivity contribution in [3.63, 3.8) is 0 Å². The molecule has 0 bridgehead atoms. The van der Waals surface area contributed by atoms with E-state index in [0.717, 1.165) is 5.56 Å². The maximum atomic E-state index is 12.5. The van der Waals surface area contributed by atoms with Crippen LogP contribution in [0, 0.1) is 6.92 Å². The molecule has 0 fully saturated rings. The zero-order chi connectivity index (χ0) is 20.1. The summed E-state index contributed by atoms with van der Waals surface area (Å²) in [5, 5.41) is 5.59. The summed E-state index contributed by atoms with van der Waals surface area (Å²) in [6.07, 6.45) is 0. The Morgan fingerprint density at radius 3 is 1.96 bits per heavy atom. The van der Waals surface area contributed by atoms with Gasteiger partial charge in [0.05, 0.1) is 0 Å².